The van der Waals surface area contributed by atoms with Gasteiger partial charge in [0.2, 0.25) is 5.76 Å². The van der Waals surface area contributed by atoms with E-state index in [9.17, 15) is 9.59 Å². The first-order valence-corrected chi connectivity index (χ1v) is 8.69. The van der Waals surface area contributed by atoms with Gasteiger partial charge in [0.25, 0.3) is 5.91 Å². The average molecular weight is 341 g/mol. The van der Waals surface area contributed by atoms with E-state index in [2.05, 4.69) is 6.92 Å². The van der Waals surface area contributed by atoms with E-state index in [0.29, 0.717) is 11.5 Å². The molecule has 0 N–H and O–H groups in total. The van der Waals surface area contributed by atoms with Crippen LogP contribution in [-0.4, -0.2) is 36.0 Å². The normalized spacial score (nSPS) is 16.5. The minimum Gasteiger partial charge on any atom is -0.457 e. The lowest BCUT2D eigenvalue weighted by molar-refractivity contribution is -0.141. The first-order chi connectivity index (χ1) is 12.1. The molecule has 0 saturated carbocycles. The molecular formula is C20H23NO4. The quantitative estimate of drug-likeness (QED) is 0.795. The predicted molar refractivity (Wildman–Crippen MR) is 94.0 cm³/mol. The molecule has 1 aromatic heterocycles. The zero-order valence-corrected chi connectivity index (χ0v) is 14.6. The molecule has 1 saturated heterocycles. The van der Waals surface area contributed by atoms with Crippen molar-refractivity contribution in [1.82, 2.24) is 4.90 Å². The van der Waals surface area contributed by atoms with Crippen molar-refractivity contribution < 1.29 is 18.7 Å². The molecule has 0 unspecified atom stereocenters. The van der Waals surface area contributed by atoms with Crippen molar-refractivity contribution in [2.24, 2.45) is 5.92 Å². The largest absolute Gasteiger partial charge is 0.457 e. The number of amides is 1. The summed E-state index contributed by atoms with van der Waals surface area (Å²) >= 11 is 0. The molecule has 1 aromatic carbocycles. The molecule has 3 rings (SSSR count). The van der Waals surface area contributed by atoms with Crippen LogP contribution in [0.3, 0.4) is 0 Å². The van der Waals surface area contributed by atoms with Gasteiger partial charge in [-0.2, -0.15) is 0 Å². The third kappa shape index (κ3) is 3.92. The van der Waals surface area contributed by atoms with E-state index >= 15 is 0 Å². The molecule has 2 aromatic rings. The van der Waals surface area contributed by atoms with Gasteiger partial charge in [-0.1, -0.05) is 37.3 Å². The number of hydrogen-bond acceptors (Lipinski definition) is 4. The number of carbonyl (C=O) groups is 2. The standard InChI is InChI=1S/C20H23NO4/c1-14-8-11-21(12-9-14)19(22)15(2)25-20(23)18-17(10-13-24-18)16-6-4-3-5-7-16/h3-7,10,13-15H,8-9,11-12H2,1-2H3/t15-/m0/s1. The number of rotatable bonds is 4. The van der Waals surface area contributed by atoms with Crippen LogP contribution >= 0.6 is 0 Å². The number of hydrogen-bond donors (Lipinski definition) is 0. The average Bonchev–Trinajstić information content (AvgIpc) is 3.12. The van der Waals surface area contributed by atoms with Gasteiger partial charge in [-0.15, -0.1) is 0 Å². The lowest BCUT2D eigenvalue weighted by atomic mass is 9.99. The summed E-state index contributed by atoms with van der Waals surface area (Å²) < 4.78 is 10.7. The molecule has 5 nitrogen and oxygen atoms in total. The highest BCUT2D eigenvalue weighted by Gasteiger charge is 2.28. The number of nitrogens with zero attached hydrogens (tertiary/aromatic N) is 1. The highest BCUT2D eigenvalue weighted by molar-refractivity contribution is 5.96. The number of piperidine rings is 1. The van der Waals surface area contributed by atoms with Crippen molar-refractivity contribution in [2.75, 3.05) is 13.1 Å². The van der Waals surface area contributed by atoms with E-state index in [1.54, 1.807) is 17.9 Å². The molecular weight excluding hydrogens is 318 g/mol. The number of benzene rings is 1. The Balaban J connectivity index is 1.67. The second-order valence-corrected chi connectivity index (χ2v) is 6.58. The molecule has 1 amide bonds. The summed E-state index contributed by atoms with van der Waals surface area (Å²) in [5, 5.41) is 0. The minimum absolute atomic E-state index is 0.123. The molecule has 1 aliphatic rings. The first-order valence-electron chi connectivity index (χ1n) is 8.69. The molecule has 2 heterocycles. The van der Waals surface area contributed by atoms with E-state index in [1.807, 2.05) is 30.3 Å². The van der Waals surface area contributed by atoms with Gasteiger partial charge >= 0.3 is 5.97 Å². The topological polar surface area (TPSA) is 59.8 Å². The molecule has 1 fully saturated rings. The SMILES string of the molecule is CC1CCN(C(=O)[C@H](C)OC(=O)c2occc2-c2ccccc2)CC1. The van der Waals surface area contributed by atoms with Crippen molar-refractivity contribution in [1.29, 1.82) is 0 Å². The third-order valence-corrected chi connectivity index (χ3v) is 4.66. The summed E-state index contributed by atoms with van der Waals surface area (Å²) in [6, 6.07) is 11.2. The van der Waals surface area contributed by atoms with Crippen LogP contribution in [0.1, 0.15) is 37.2 Å². The second kappa shape index (κ2) is 7.55. The Morgan fingerprint density at radius 3 is 2.52 bits per heavy atom. The number of likely N-dealkylation sites (tertiary alicyclic amines) is 1. The third-order valence-electron chi connectivity index (χ3n) is 4.66. The highest BCUT2D eigenvalue weighted by Crippen LogP contribution is 2.26. The Labute approximate surface area is 147 Å². The smallest absolute Gasteiger partial charge is 0.375 e. The highest BCUT2D eigenvalue weighted by atomic mass is 16.6. The Kier molecular flexibility index (Phi) is 5.22. The lowest BCUT2D eigenvalue weighted by Crippen LogP contribution is -2.44. The molecule has 0 bridgehead atoms. The summed E-state index contributed by atoms with van der Waals surface area (Å²) in [6.07, 6.45) is 2.61. The zero-order chi connectivity index (χ0) is 17.8. The molecule has 5 heteroatoms. The van der Waals surface area contributed by atoms with Gasteiger partial charge in [-0.05, 0) is 37.3 Å². The van der Waals surface area contributed by atoms with Crippen molar-refractivity contribution in [3.8, 4) is 11.1 Å². The maximum Gasteiger partial charge on any atom is 0.375 e. The van der Waals surface area contributed by atoms with Crippen LogP contribution in [0.4, 0.5) is 0 Å². The van der Waals surface area contributed by atoms with Gasteiger partial charge in [0.1, 0.15) is 0 Å². The minimum atomic E-state index is -0.824. The Morgan fingerprint density at radius 1 is 1.16 bits per heavy atom. The van der Waals surface area contributed by atoms with Crippen LogP contribution < -0.4 is 0 Å². The number of ether oxygens (including phenoxy) is 1. The number of furan rings is 1. The Morgan fingerprint density at radius 2 is 1.84 bits per heavy atom. The van der Waals surface area contributed by atoms with Crippen molar-refractivity contribution >= 4 is 11.9 Å². The van der Waals surface area contributed by atoms with E-state index < -0.39 is 12.1 Å². The Hall–Kier alpha value is -2.56. The molecule has 0 spiro atoms. The summed E-state index contributed by atoms with van der Waals surface area (Å²) in [7, 11) is 0. The second-order valence-electron chi connectivity index (χ2n) is 6.58. The molecule has 0 radical (unpaired) electrons. The molecule has 0 aliphatic carbocycles. The molecule has 1 aliphatic heterocycles. The fraction of sp³-hybridized carbons (Fsp3) is 0.400. The van der Waals surface area contributed by atoms with E-state index in [1.165, 1.54) is 6.26 Å². The van der Waals surface area contributed by atoms with Gasteiger partial charge in [0.05, 0.1) is 6.26 Å². The first kappa shape index (κ1) is 17.3. The van der Waals surface area contributed by atoms with Crippen LogP contribution in [0.5, 0.6) is 0 Å². The number of esters is 1. The number of carbonyl (C=O) groups excluding carboxylic acids is 2. The maximum atomic E-state index is 12.5. The monoisotopic (exact) mass is 341 g/mol. The summed E-state index contributed by atoms with van der Waals surface area (Å²) in [5.41, 5.74) is 1.53. The fourth-order valence-electron chi connectivity index (χ4n) is 3.06. The summed E-state index contributed by atoms with van der Waals surface area (Å²) in [4.78, 5) is 26.7. The van der Waals surface area contributed by atoms with Gasteiger partial charge in [0, 0.05) is 18.7 Å². The van der Waals surface area contributed by atoms with Gasteiger partial charge < -0.3 is 14.1 Å². The van der Waals surface area contributed by atoms with E-state index in [4.69, 9.17) is 9.15 Å². The van der Waals surface area contributed by atoms with Gasteiger partial charge in [0.15, 0.2) is 6.10 Å². The molecule has 132 valence electrons. The maximum absolute atomic E-state index is 12.5. The molecule has 25 heavy (non-hydrogen) atoms. The zero-order valence-electron chi connectivity index (χ0n) is 14.6. The van der Waals surface area contributed by atoms with Crippen LogP contribution in [-0.2, 0) is 9.53 Å². The predicted octanol–water partition coefficient (Wildman–Crippen LogP) is 3.75. The van der Waals surface area contributed by atoms with Gasteiger partial charge in [-0.3, -0.25) is 4.79 Å². The fourth-order valence-corrected chi connectivity index (χ4v) is 3.06. The summed E-state index contributed by atoms with van der Waals surface area (Å²) in [6.45, 7) is 5.24. The van der Waals surface area contributed by atoms with E-state index in [-0.39, 0.29) is 11.7 Å². The van der Waals surface area contributed by atoms with Crippen LogP contribution in [0.15, 0.2) is 47.1 Å². The summed E-state index contributed by atoms with van der Waals surface area (Å²) in [5.74, 6) is -0.000259. The van der Waals surface area contributed by atoms with Crippen molar-refractivity contribution in [2.45, 2.75) is 32.8 Å². The van der Waals surface area contributed by atoms with Crippen LogP contribution in [0.2, 0.25) is 0 Å². The molecule has 1 atom stereocenters. The lowest BCUT2D eigenvalue weighted by Gasteiger charge is -2.31. The van der Waals surface area contributed by atoms with Gasteiger partial charge in [-0.25, -0.2) is 4.79 Å². The van der Waals surface area contributed by atoms with Crippen LogP contribution in [0, 0.1) is 5.92 Å². The van der Waals surface area contributed by atoms with Crippen molar-refractivity contribution in [3.63, 3.8) is 0 Å². The Bertz CT molecular complexity index is 729. The van der Waals surface area contributed by atoms with E-state index in [0.717, 1.165) is 31.5 Å². The van der Waals surface area contributed by atoms with Crippen molar-refractivity contribution in [3.05, 3.63) is 48.4 Å². The van der Waals surface area contributed by atoms with Crippen LogP contribution in [0.25, 0.3) is 11.1 Å².